The number of nitrogens with zero attached hydrogens (tertiary/aromatic N) is 3. The fourth-order valence-electron chi connectivity index (χ4n) is 3.41. The zero-order chi connectivity index (χ0) is 21.3. The Morgan fingerprint density at radius 2 is 1.93 bits per heavy atom. The molecule has 9 heteroatoms. The summed E-state index contributed by atoms with van der Waals surface area (Å²) in [4.78, 5) is 29.7. The minimum atomic E-state index is -0.642. The molecule has 0 bridgehead atoms. The smallest absolute Gasteiger partial charge is 0.273 e. The maximum absolute atomic E-state index is 13.2. The molecular formula is C21H18N4O5. The van der Waals surface area contributed by atoms with Crippen LogP contribution in [0.5, 0.6) is 11.5 Å². The highest BCUT2D eigenvalue weighted by atomic mass is 16.6. The maximum atomic E-state index is 13.2. The summed E-state index contributed by atoms with van der Waals surface area (Å²) in [7, 11) is 2.98. The van der Waals surface area contributed by atoms with E-state index in [4.69, 9.17) is 9.47 Å². The molecule has 0 saturated carbocycles. The minimum Gasteiger partial charge on any atom is -0.497 e. The molecule has 152 valence electrons. The first-order chi connectivity index (χ1) is 14.5. The van der Waals surface area contributed by atoms with Crippen LogP contribution in [0.25, 0.3) is 0 Å². The summed E-state index contributed by atoms with van der Waals surface area (Å²) in [6.07, 6.45) is 0.972. The molecule has 2 aromatic carbocycles. The number of fused-ring (bicyclic) bond motifs is 1. The Bertz CT molecular complexity index is 1130. The first-order valence-electron chi connectivity index (χ1n) is 9.05. The summed E-state index contributed by atoms with van der Waals surface area (Å²) in [5, 5.41) is 14.3. The SMILES string of the molecule is COc1cccc(N2C(=O)c3cccnc3[C@H]2Nc2ccc([N+](=O)[O-])cc2OC)c1. The van der Waals surface area contributed by atoms with Gasteiger partial charge in [0.1, 0.15) is 11.5 Å². The van der Waals surface area contributed by atoms with Gasteiger partial charge in [-0.3, -0.25) is 24.8 Å². The van der Waals surface area contributed by atoms with Gasteiger partial charge in [-0.25, -0.2) is 0 Å². The van der Waals surface area contributed by atoms with Gasteiger partial charge < -0.3 is 14.8 Å². The molecule has 0 aliphatic carbocycles. The summed E-state index contributed by atoms with van der Waals surface area (Å²) in [6.45, 7) is 0. The molecule has 0 radical (unpaired) electrons. The number of non-ortho nitro benzene ring substituents is 1. The number of ether oxygens (including phenoxy) is 2. The molecule has 2 heterocycles. The van der Waals surface area contributed by atoms with Crippen molar-refractivity contribution in [2.24, 2.45) is 0 Å². The third kappa shape index (κ3) is 3.26. The summed E-state index contributed by atoms with van der Waals surface area (Å²) in [6, 6.07) is 14.8. The quantitative estimate of drug-likeness (QED) is 0.490. The number of hydrogen-bond donors (Lipinski definition) is 1. The van der Waals surface area contributed by atoms with Crippen LogP contribution in [-0.2, 0) is 0 Å². The molecule has 1 amide bonds. The van der Waals surface area contributed by atoms with Gasteiger partial charge in [-0.1, -0.05) is 6.07 Å². The number of nitrogens with one attached hydrogen (secondary N) is 1. The number of benzene rings is 2. The fourth-order valence-corrected chi connectivity index (χ4v) is 3.41. The number of nitro benzene ring substituents is 1. The van der Waals surface area contributed by atoms with Crippen molar-refractivity contribution in [2.75, 3.05) is 24.4 Å². The predicted molar refractivity (Wildman–Crippen MR) is 110 cm³/mol. The van der Waals surface area contributed by atoms with E-state index in [2.05, 4.69) is 10.3 Å². The zero-order valence-corrected chi connectivity index (χ0v) is 16.2. The second kappa shape index (κ2) is 7.70. The van der Waals surface area contributed by atoms with Crippen LogP contribution in [0.3, 0.4) is 0 Å². The molecule has 1 aliphatic rings. The van der Waals surface area contributed by atoms with Crippen molar-refractivity contribution in [1.82, 2.24) is 4.98 Å². The summed E-state index contributed by atoms with van der Waals surface area (Å²) < 4.78 is 10.6. The molecule has 4 rings (SSSR count). The Hall–Kier alpha value is -4.14. The van der Waals surface area contributed by atoms with Crippen LogP contribution in [0.1, 0.15) is 22.2 Å². The molecule has 0 fully saturated rings. The number of nitro groups is 1. The molecule has 1 N–H and O–H groups in total. The minimum absolute atomic E-state index is 0.0944. The zero-order valence-electron chi connectivity index (χ0n) is 16.2. The van der Waals surface area contributed by atoms with Crippen molar-refractivity contribution < 1.29 is 19.2 Å². The van der Waals surface area contributed by atoms with E-state index in [-0.39, 0.29) is 17.3 Å². The van der Waals surface area contributed by atoms with Crippen LogP contribution in [0, 0.1) is 10.1 Å². The lowest BCUT2D eigenvalue weighted by Gasteiger charge is -2.27. The number of rotatable bonds is 6. The number of pyridine rings is 1. The van der Waals surface area contributed by atoms with Gasteiger partial charge in [-0.15, -0.1) is 0 Å². The second-order valence-electron chi connectivity index (χ2n) is 6.50. The number of aromatic nitrogens is 1. The highest BCUT2D eigenvalue weighted by Gasteiger charge is 2.39. The molecule has 0 unspecified atom stereocenters. The van der Waals surface area contributed by atoms with Crippen molar-refractivity contribution in [3.8, 4) is 11.5 Å². The second-order valence-corrected chi connectivity index (χ2v) is 6.50. The lowest BCUT2D eigenvalue weighted by Crippen LogP contribution is -2.32. The van der Waals surface area contributed by atoms with Gasteiger partial charge >= 0.3 is 0 Å². The van der Waals surface area contributed by atoms with Gasteiger partial charge in [-0.2, -0.15) is 0 Å². The topological polar surface area (TPSA) is 107 Å². The van der Waals surface area contributed by atoms with Gasteiger partial charge in [0.15, 0.2) is 6.17 Å². The van der Waals surface area contributed by atoms with Crippen molar-refractivity contribution in [2.45, 2.75) is 6.17 Å². The van der Waals surface area contributed by atoms with E-state index in [9.17, 15) is 14.9 Å². The Labute approximate surface area is 172 Å². The number of anilines is 2. The van der Waals surface area contributed by atoms with Crippen molar-refractivity contribution in [1.29, 1.82) is 0 Å². The van der Waals surface area contributed by atoms with E-state index >= 15 is 0 Å². The van der Waals surface area contributed by atoms with Gasteiger partial charge in [0.05, 0.1) is 47.8 Å². The van der Waals surface area contributed by atoms with Crippen LogP contribution in [0.2, 0.25) is 0 Å². The Morgan fingerprint density at radius 1 is 1.10 bits per heavy atom. The lowest BCUT2D eigenvalue weighted by atomic mass is 10.2. The molecule has 1 aromatic heterocycles. The Kier molecular flexibility index (Phi) is 4.93. The van der Waals surface area contributed by atoms with Crippen LogP contribution >= 0.6 is 0 Å². The van der Waals surface area contributed by atoms with Crippen molar-refractivity contribution in [3.05, 3.63) is 82.2 Å². The lowest BCUT2D eigenvalue weighted by molar-refractivity contribution is -0.384. The third-order valence-corrected chi connectivity index (χ3v) is 4.82. The normalized spacial score (nSPS) is 14.9. The van der Waals surface area contributed by atoms with E-state index in [0.29, 0.717) is 28.4 Å². The fraction of sp³-hybridized carbons (Fsp3) is 0.143. The number of methoxy groups -OCH3 is 2. The maximum Gasteiger partial charge on any atom is 0.273 e. The van der Waals surface area contributed by atoms with Gasteiger partial charge in [0, 0.05) is 18.3 Å². The highest BCUT2D eigenvalue weighted by Crippen LogP contribution is 2.40. The third-order valence-electron chi connectivity index (χ3n) is 4.82. The van der Waals surface area contributed by atoms with Gasteiger partial charge in [0.25, 0.3) is 11.6 Å². The van der Waals surface area contributed by atoms with E-state index in [1.54, 1.807) is 60.7 Å². The van der Waals surface area contributed by atoms with E-state index in [1.165, 1.54) is 19.2 Å². The predicted octanol–water partition coefficient (Wildman–Crippen LogP) is 3.78. The molecule has 3 aromatic rings. The molecule has 0 spiro atoms. The molecule has 1 aliphatic heterocycles. The molecular weight excluding hydrogens is 388 g/mol. The van der Waals surface area contributed by atoms with E-state index < -0.39 is 11.1 Å². The highest BCUT2D eigenvalue weighted by molar-refractivity contribution is 6.11. The van der Waals surface area contributed by atoms with Crippen LogP contribution in [0.4, 0.5) is 17.1 Å². The Balaban J connectivity index is 1.79. The summed E-state index contributed by atoms with van der Waals surface area (Å²) in [5.41, 5.74) is 2.04. The molecule has 30 heavy (non-hydrogen) atoms. The van der Waals surface area contributed by atoms with Gasteiger partial charge in [-0.05, 0) is 30.3 Å². The Morgan fingerprint density at radius 3 is 2.67 bits per heavy atom. The number of carbonyl (C=O) groups excluding carboxylic acids is 1. The van der Waals surface area contributed by atoms with Crippen molar-refractivity contribution >= 4 is 23.0 Å². The van der Waals surface area contributed by atoms with Crippen molar-refractivity contribution in [3.63, 3.8) is 0 Å². The summed E-state index contributed by atoms with van der Waals surface area (Å²) >= 11 is 0. The first-order valence-corrected chi connectivity index (χ1v) is 9.05. The molecule has 0 saturated heterocycles. The van der Waals surface area contributed by atoms with Crippen LogP contribution in [0.15, 0.2) is 60.8 Å². The average molecular weight is 406 g/mol. The van der Waals surface area contributed by atoms with Gasteiger partial charge in [0.2, 0.25) is 0 Å². The standard InChI is InChI=1S/C21H18N4O5/c1-29-15-6-3-5-13(11-15)24-20(19-16(21(24)26)7-4-10-22-19)23-17-9-8-14(25(27)28)12-18(17)30-2/h3-12,20,23H,1-2H3/t20-/m0/s1. The molecule has 1 atom stereocenters. The molecule has 9 nitrogen and oxygen atoms in total. The first kappa shape index (κ1) is 19.2. The van der Waals surface area contributed by atoms with E-state index in [0.717, 1.165) is 0 Å². The number of carbonyl (C=O) groups is 1. The monoisotopic (exact) mass is 406 g/mol. The number of hydrogen-bond acceptors (Lipinski definition) is 7. The van der Waals surface area contributed by atoms with Crippen LogP contribution < -0.4 is 19.7 Å². The largest absolute Gasteiger partial charge is 0.497 e. The summed E-state index contributed by atoms with van der Waals surface area (Å²) in [5.74, 6) is 0.673. The average Bonchev–Trinajstić information content (AvgIpc) is 3.05. The number of amides is 1. The van der Waals surface area contributed by atoms with E-state index in [1.807, 2.05) is 0 Å². The van der Waals surface area contributed by atoms with Crippen LogP contribution in [-0.4, -0.2) is 30.0 Å².